The SMILES string of the molecule is Cc1cc(-c2ccccc2)nc(SCc2nnc(-c3ccc(Cl)cc3)o2)n1. The Morgan fingerprint density at radius 1 is 0.926 bits per heavy atom. The van der Waals surface area contributed by atoms with Gasteiger partial charge in [0.1, 0.15) is 0 Å². The maximum Gasteiger partial charge on any atom is 0.247 e. The Balaban J connectivity index is 1.49. The number of rotatable bonds is 5. The first-order chi connectivity index (χ1) is 13.2. The van der Waals surface area contributed by atoms with Crippen molar-refractivity contribution in [2.75, 3.05) is 0 Å². The van der Waals surface area contributed by atoms with Gasteiger partial charge in [0.15, 0.2) is 5.16 Å². The second kappa shape index (κ2) is 7.90. The van der Waals surface area contributed by atoms with Crippen LogP contribution in [0.2, 0.25) is 5.02 Å². The molecule has 2 aromatic carbocycles. The van der Waals surface area contributed by atoms with E-state index in [9.17, 15) is 0 Å². The van der Waals surface area contributed by atoms with Gasteiger partial charge in [-0.1, -0.05) is 53.7 Å². The normalized spacial score (nSPS) is 10.9. The van der Waals surface area contributed by atoms with E-state index in [-0.39, 0.29) is 0 Å². The van der Waals surface area contributed by atoms with Crippen LogP contribution < -0.4 is 0 Å². The minimum absolute atomic E-state index is 0.470. The molecule has 0 aliphatic rings. The van der Waals surface area contributed by atoms with Crippen LogP contribution >= 0.6 is 23.4 Å². The molecule has 0 bridgehead atoms. The molecule has 0 atom stereocenters. The van der Waals surface area contributed by atoms with E-state index in [4.69, 9.17) is 16.0 Å². The molecule has 4 rings (SSSR count). The lowest BCUT2D eigenvalue weighted by Crippen LogP contribution is -1.94. The van der Waals surface area contributed by atoms with Gasteiger partial charge in [-0.25, -0.2) is 9.97 Å². The van der Waals surface area contributed by atoms with E-state index in [0.717, 1.165) is 22.5 Å². The second-order valence-corrected chi connectivity index (χ2v) is 7.22. The molecule has 0 fully saturated rings. The fraction of sp³-hybridized carbons (Fsp3) is 0.100. The molecule has 2 heterocycles. The summed E-state index contributed by atoms with van der Waals surface area (Å²) in [6.07, 6.45) is 0. The van der Waals surface area contributed by atoms with E-state index in [1.807, 2.05) is 55.5 Å². The molecule has 0 aliphatic carbocycles. The summed E-state index contributed by atoms with van der Waals surface area (Å²) < 4.78 is 5.73. The maximum absolute atomic E-state index is 5.91. The summed E-state index contributed by atoms with van der Waals surface area (Å²) in [6, 6.07) is 19.3. The van der Waals surface area contributed by atoms with Crippen molar-refractivity contribution in [1.29, 1.82) is 0 Å². The standard InChI is InChI=1S/C20H15ClN4OS/c1-13-11-17(14-5-3-2-4-6-14)23-20(22-13)27-12-18-24-25-19(26-18)15-7-9-16(21)10-8-15/h2-11H,12H2,1H3. The van der Waals surface area contributed by atoms with Crippen LogP contribution in [-0.2, 0) is 5.75 Å². The lowest BCUT2D eigenvalue weighted by molar-refractivity contribution is 0.528. The molecule has 0 radical (unpaired) electrons. The first-order valence-electron chi connectivity index (χ1n) is 8.29. The van der Waals surface area contributed by atoms with Gasteiger partial charge >= 0.3 is 0 Å². The first kappa shape index (κ1) is 17.7. The molecule has 0 unspecified atom stereocenters. The Morgan fingerprint density at radius 3 is 2.48 bits per heavy atom. The van der Waals surface area contributed by atoms with Crippen LogP contribution in [0.5, 0.6) is 0 Å². The second-order valence-electron chi connectivity index (χ2n) is 5.84. The minimum Gasteiger partial charge on any atom is -0.420 e. The zero-order valence-corrected chi connectivity index (χ0v) is 16.0. The summed E-state index contributed by atoms with van der Waals surface area (Å²) in [5.41, 5.74) is 3.71. The minimum atomic E-state index is 0.470. The van der Waals surface area contributed by atoms with Gasteiger partial charge < -0.3 is 4.42 Å². The molecule has 0 saturated heterocycles. The third-order valence-electron chi connectivity index (χ3n) is 3.79. The van der Waals surface area contributed by atoms with Crippen molar-refractivity contribution < 1.29 is 4.42 Å². The largest absolute Gasteiger partial charge is 0.420 e. The average Bonchev–Trinajstić information content (AvgIpc) is 3.16. The fourth-order valence-corrected chi connectivity index (χ4v) is 3.38. The van der Waals surface area contributed by atoms with E-state index in [1.165, 1.54) is 11.8 Å². The number of halogens is 1. The summed E-state index contributed by atoms with van der Waals surface area (Å²) in [7, 11) is 0. The quantitative estimate of drug-likeness (QED) is 0.331. The Morgan fingerprint density at radius 2 is 1.70 bits per heavy atom. The molecule has 5 nitrogen and oxygen atoms in total. The molecule has 27 heavy (non-hydrogen) atoms. The van der Waals surface area contributed by atoms with Crippen LogP contribution in [0.4, 0.5) is 0 Å². The number of aryl methyl sites for hydroxylation is 1. The van der Waals surface area contributed by atoms with Gasteiger partial charge in [-0.3, -0.25) is 0 Å². The Labute approximate surface area is 165 Å². The Hall–Kier alpha value is -2.70. The van der Waals surface area contributed by atoms with Crippen molar-refractivity contribution in [2.45, 2.75) is 17.8 Å². The number of thioether (sulfide) groups is 1. The molecule has 7 heteroatoms. The van der Waals surface area contributed by atoms with Crippen molar-refractivity contribution in [3.63, 3.8) is 0 Å². The number of aromatic nitrogens is 4. The zero-order chi connectivity index (χ0) is 18.6. The van der Waals surface area contributed by atoms with Crippen LogP contribution in [-0.4, -0.2) is 20.2 Å². The van der Waals surface area contributed by atoms with Gasteiger partial charge in [0, 0.05) is 21.8 Å². The predicted octanol–water partition coefficient (Wildman–Crippen LogP) is 5.45. The zero-order valence-electron chi connectivity index (χ0n) is 14.5. The third kappa shape index (κ3) is 4.35. The average molecular weight is 395 g/mol. The fourth-order valence-electron chi connectivity index (χ4n) is 2.51. The molecule has 0 spiro atoms. The van der Waals surface area contributed by atoms with Crippen LogP contribution in [0.3, 0.4) is 0 Å². The van der Waals surface area contributed by atoms with Crippen molar-refractivity contribution >= 4 is 23.4 Å². The summed E-state index contributed by atoms with van der Waals surface area (Å²) in [5, 5.41) is 9.55. The van der Waals surface area contributed by atoms with Crippen molar-refractivity contribution in [3.8, 4) is 22.7 Å². The van der Waals surface area contributed by atoms with Gasteiger partial charge in [-0.2, -0.15) is 0 Å². The van der Waals surface area contributed by atoms with E-state index in [0.29, 0.717) is 27.7 Å². The smallest absolute Gasteiger partial charge is 0.247 e. The van der Waals surface area contributed by atoms with Crippen LogP contribution in [0.25, 0.3) is 22.7 Å². The molecule has 0 N–H and O–H groups in total. The summed E-state index contributed by atoms with van der Waals surface area (Å²) in [6.45, 7) is 1.96. The first-order valence-corrected chi connectivity index (χ1v) is 9.66. The lowest BCUT2D eigenvalue weighted by atomic mass is 10.1. The molecule has 134 valence electrons. The van der Waals surface area contributed by atoms with Crippen LogP contribution in [0, 0.1) is 6.92 Å². The maximum atomic E-state index is 5.91. The predicted molar refractivity (Wildman–Crippen MR) is 107 cm³/mol. The van der Waals surface area contributed by atoms with Crippen molar-refractivity contribution in [2.24, 2.45) is 0 Å². The van der Waals surface area contributed by atoms with E-state index in [2.05, 4.69) is 20.2 Å². The van der Waals surface area contributed by atoms with Gasteiger partial charge in [0.05, 0.1) is 11.4 Å². The third-order valence-corrected chi connectivity index (χ3v) is 4.87. The molecule has 0 saturated carbocycles. The molecular formula is C20H15ClN4OS. The van der Waals surface area contributed by atoms with Crippen molar-refractivity contribution in [3.05, 3.63) is 77.3 Å². The number of benzene rings is 2. The topological polar surface area (TPSA) is 64.7 Å². The van der Waals surface area contributed by atoms with Crippen molar-refractivity contribution in [1.82, 2.24) is 20.2 Å². The summed E-state index contributed by atoms with van der Waals surface area (Å²) in [5.74, 6) is 1.49. The molecular weight excluding hydrogens is 380 g/mol. The summed E-state index contributed by atoms with van der Waals surface area (Å²) in [4.78, 5) is 9.14. The lowest BCUT2D eigenvalue weighted by Gasteiger charge is -2.05. The Bertz CT molecular complexity index is 1050. The highest BCUT2D eigenvalue weighted by molar-refractivity contribution is 7.98. The number of hydrogen-bond acceptors (Lipinski definition) is 6. The summed E-state index contributed by atoms with van der Waals surface area (Å²) >= 11 is 7.38. The van der Waals surface area contributed by atoms with Crippen LogP contribution in [0.15, 0.2) is 70.2 Å². The molecule has 0 aliphatic heterocycles. The Kier molecular flexibility index (Phi) is 5.18. The van der Waals surface area contributed by atoms with E-state index < -0.39 is 0 Å². The molecule has 0 amide bonds. The monoisotopic (exact) mass is 394 g/mol. The highest BCUT2D eigenvalue weighted by Gasteiger charge is 2.11. The molecule has 2 aromatic heterocycles. The van der Waals surface area contributed by atoms with Gasteiger partial charge in [-0.05, 0) is 37.3 Å². The highest BCUT2D eigenvalue weighted by atomic mass is 35.5. The van der Waals surface area contributed by atoms with E-state index >= 15 is 0 Å². The number of hydrogen-bond donors (Lipinski definition) is 0. The van der Waals surface area contributed by atoms with Gasteiger partial charge in [0.2, 0.25) is 11.8 Å². The number of nitrogens with zero attached hydrogens (tertiary/aromatic N) is 4. The molecule has 4 aromatic rings. The van der Waals surface area contributed by atoms with Gasteiger partial charge in [0.25, 0.3) is 0 Å². The van der Waals surface area contributed by atoms with Gasteiger partial charge in [-0.15, -0.1) is 10.2 Å². The highest BCUT2D eigenvalue weighted by Crippen LogP contribution is 2.25. The van der Waals surface area contributed by atoms with Crippen LogP contribution in [0.1, 0.15) is 11.6 Å². The van der Waals surface area contributed by atoms with E-state index in [1.54, 1.807) is 12.1 Å².